The summed E-state index contributed by atoms with van der Waals surface area (Å²) >= 11 is 4.24. The Labute approximate surface area is 190 Å². The summed E-state index contributed by atoms with van der Waals surface area (Å²) in [5.41, 5.74) is 2.57. The van der Waals surface area contributed by atoms with Crippen LogP contribution in [0, 0.1) is 6.92 Å². The van der Waals surface area contributed by atoms with Crippen LogP contribution in [-0.4, -0.2) is 27.1 Å². The van der Waals surface area contributed by atoms with E-state index in [2.05, 4.69) is 15.9 Å². The normalized spacial score (nSPS) is 15.2. The van der Waals surface area contributed by atoms with Gasteiger partial charge in [0.2, 0.25) is 0 Å². The van der Waals surface area contributed by atoms with Gasteiger partial charge < -0.3 is 9.52 Å². The second-order valence-electron chi connectivity index (χ2n) is 6.93. The number of imide groups is 1. The molecule has 0 saturated carbocycles. The first kappa shape index (κ1) is 21.1. The Kier molecular flexibility index (Phi) is 5.84. The van der Waals surface area contributed by atoms with Crippen molar-refractivity contribution in [3.63, 3.8) is 0 Å². The molecule has 3 aromatic rings. The van der Waals surface area contributed by atoms with Gasteiger partial charge in [-0.3, -0.25) is 14.5 Å². The number of hydrogen-bond donors (Lipinski definition) is 1. The number of carboxylic acids is 1. The first-order chi connectivity index (χ1) is 14.8. The molecule has 2 aromatic carbocycles. The molecule has 4 rings (SSSR count). The van der Waals surface area contributed by atoms with Crippen molar-refractivity contribution >= 4 is 50.9 Å². The molecule has 1 aliphatic rings. The van der Waals surface area contributed by atoms with Crippen LogP contribution in [0.15, 0.2) is 68.4 Å². The lowest BCUT2D eigenvalue weighted by Crippen LogP contribution is -2.27. The minimum Gasteiger partial charge on any atom is -0.478 e. The number of nitrogens with zero attached hydrogens (tertiary/aromatic N) is 1. The Morgan fingerprint density at radius 2 is 1.87 bits per heavy atom. The molecule has 1 aliphatic heterocycles. The smallest absolute Gasteiger partial charge is 0.335 e. The molecule has 0 atom stereocenters. The summed E-state index contributed by atoms with van der Waals surface area (Å²) in [6, 6.07) is 15.7. The Hall–Kier alpha value is -3.10. The fourth-order valence-electron chi connectivity index (χ4n) is 3.19. The number of furan rings is 1. The highest BCUT2D eigenvalue weighted by molar-refractivity contribution is 9.10. The maximum Gasteiger partial charge on any atom is 0.335 e. The lowest BCUT2D eigenvalue weighted by Gasteiger charge is -2.12. The summed E-state index contributed by atoms with van der Waals surface area (Å²) < 4.78 is 6.76. The van der Waals surface area contributed by atoms with Crippen LogP contribution in [0.25, 0.3) is 17.4 Å². The van der Waals surface area contributed by atoms with E-state index in [1.54, 1.807) is 37.3 Å². The van der Waals surface area contributed by atoms with E-state index in [1.807, 2.05) is 24.3 Å². The van der Waals surface area contributed by atoms with Gasteiger partial charge in [0.05, 0.1) is 17.0 Å². The molecule has 0 spiro atoms. The van der Waals surface area contributed by atoms with Crippen molar-refractivity contribution in [3.8, 4) is 11.3 Å². The maximum absolute atomic E-state index is 12.7. The molecule has 0 aliphatic carbocycles. The fraction of sp³-hybridized carbons (Fsp3) is 0.0870. The van der Waals surface area contributed by atoms with E-state index in [-0.39, 0.29) is 23.3 Å². The lowest BCUT2D eigenvalue weighted by atomic mass is 10.0. The summed E-state index contributed by atoms with van der Waals surface area (Å²) in [4.78, 5) is 37.7. The van der Waals surface area contributed by atoms with Gasteiger partial charge in [0.25, 0.3) is 11.1 Å². The quantitative estimate of drug-likeness (QED) is 0.438. The highest BCUT2D eigenvalue weighted by Gasteiger charge is 2.35. The highest BCUT2D eigenvalue weighted by Crippen LogP contribution is 2.35. The fourth-order valence-corrected chi connectivity index (χ4v) is 4.27. The molecule has 0 unspecified atom stereocenters. The van der Waals surface area contributed by atoms with E-state index >= 15 is 0 Å². The van der Waals surface area contributed by atoms with E-state index in [4.69, 9.17) is 9.52 Å². The van der Waals surface area contributed by atoms with E-state index in [1.165, 1.54) is 11.0 Å². The average molecular weight is 498 g/mol. The van der Waals surface area contributed by atoms with Crippen LogP contribution in [0.5, 0.6) is 0 Å². The number of aromatic carboxylic acids is 1. The summed E-state index contributed by atoms with van der Waals surface area (Å²) in [5, 5.41) is 8.78. The summed E-state index contributed by atoms with van der Waals surface area (Å²) in [6.07, 6.45) is 1.55. The summed E-state index contributed by atoms with van der Waals surface area (Å²) in [5.74, 6) is -0.368. The molecule has 8 heteroatoms. The molecule has 1 fully saturated rings. The lowest BCUT2D eigenvalue weighted by molar-refractivity contribution is -0.123. The Morgan fingerprint density at radius 3 is 2.55 bits per heavy atom. The van der Waals surface area contributed by atoms with Crippen molar-refractivity contribution in [2.45, 2.75) is 13.5 Å². The molecule has 0 radical (unpaired) electrons. The van der Waals surface area contributed by atoms with Gasteiger partial charge in [-0.2, -0.15) is 0 Å². The third kappa shape index (κ3) is 4.50. The molecule has 1 N–H and O–H groups in total. The minimum atomic E-state index is -0.992. The minimum absolute atomic E-state index is 0.201. The van der Waals surface area contributed by atoms with Crippen LogP contribution in [0.2, 0.25) is 0 Å². The molecule has 156 valence electrons. The van der Waals surface area contributed by atoms with Gasteiger partial charge in [0, 0.05) is 16.1 Å². The Balaban J connectivity index is 1.54. The SMILES string of the molecule is Cc1cc(C(=O)O)ccc1-c1ccc(/C=C2\SC(=O)N(Cc3ccc(Br)cc3)C2=O)o1. The number of amides is 2. The third-order valence-electron chi connectivity index (χ3n) is 4.77. The number of thioether (sulfide) groups is 1. The van der Waals surface area contributed by atoms with Crippen molar-refractivity contribution in [2.24, 2.45) is 0 Å². The predicted octanol–water partition coefficient (Wildman–Crippen LogP) is 5.95. The number of carbonyl (C=O) groups is 3. The number of benzene rings is 2. The van der Waals surface area contributed by atoms with E-state index in [9.17, 15) is 14.4 Å². The molecule has 1 aromatic heterocycles. The first-order valence-corrected chi connectivity index (χ1v) is 10.9. The van der Waals surface area contributed by atoms with E-state index in [0.29, 0.717) is 16.4 Å². The molecule has 31 heavy (non-hydrogen) atoms. The van der Waals surface area contributed by atoms with Crippen LogP contribution in [0.4, 0.5) is 4.79 Å². The van der Waals surface area contributed by atoms with E-state index < -0.39 is 5.97 Å². The summed E-state index contributed by atoms with van der Waals surface area (Å²) in [6.45, 7) is 2.01. The van der Waals surface area contributed by atoms with Gasteiger partial charge in [0.1, 0.15) is 11.5 Å². The van der Waals surface area contributed by atoms with E-state index in [0.717, 1.165) is 32.9 Å². The van der Waals surface area contributed by atoms with Crippen LogP contribution in [0.3, 0.4) is 0 Å². The summed E-state index contributed by atoms with van der Waals surface area (Å²) in [7, 11) is 0. The Bertz CT molecular complexity index is 1230. The molecule has 0 bridgehead atoms. The zero-order chi connectivity index (χ0) is 22.1. The maximum atomic E-state index is 12.7. The van der Waals surface area contributed by atoms with Crippen molar-refractivity contribution in [1.29, 1.82) is 0 Å². The van der Waals surface area contributed by atoms with Crippen molar-refractivity contribution in [2.75, 3.05) is 0 Å². The molecular formula is C23H16BrNO5S. The number of halogens is 1. The second kappa shape index (κ2) is 8.56. The number of aryl methyl sites for hydroxylation is 1. The van der Waals surface area contributed by atoms with Gasteiger partial charge in [0.15, 0.2) is 0 Å². The van der Waals surface area contributed by atoms with Gasteiger partial charge >= 0.3 is 5.97 Å². The first-order valence-electron chi connectivity index (χ1n) is 9.26. The molecule has 6 nitrogen and oxygen atoms in total. The number of rotatable bonds is 5. The standard InChI is InChI=1S/C23H16BrNO5S/c1-13-10-15(22(27)28)4-8-18(13)19-9-7-17(30-19)11-20-21(26)25(23(29)31-20)12-14-2-5-16(24)6-3-14/h2-11H,12H2,1H3,(H,27,28)/b20-11-. The van der Waals surface area contributed by atoms with Crippen LogP contribution in [0.1, 0.15) is 27.2 Å². The van der Waals surface area contributed by atoms with Crippen molar-refractivity contribution in [3.05, 3.63) is 86.4 Å². The van der Waals surface area contributed by atoms with Gasteiger partial charge in [-0.05, 0) is 66.2 Å². The zero-order valence-corrected chi connectivity index (χ0v) is 18.7. The van der Waals surface area contributed by atoms with Gasteiger partial charge in [-0.15, -0.1) is 0 Å². The average Bonchev–Trinajstić information content (AvgIpc) is 3.29. The van der Waals surface area contributed by atoms with Crippen molar-refractivity contribution < 1.29 is 23.9 Å². The predicted molar refractivity (Wildman–Crippen MR) is 121 cm³/mol. The van der Waals surface area contributed by atoms with Gasteiger partial charge in [-0.25, -0.2) is 4.79 Å². The number of carboxylic acid groups (broad SMARTS) is 1. The Morgan fingerprint density at radius 1 is 1.13 bits per heavy atom. The van der Waals surface area contributed by atoms with Crippen LogP contribution < -0.4 is 0 Å². The van der Waals surface area contributed by atoms with Gasteiger partial charge in [-0.1, -0.05) is 34.1 Å². The highest BCUT2D eigenvalue weighted by atomic mass is 79.9. The number of carbonyl (C=O) groups excluding carboxylic acids is 2. The zero-order valence-electron chi connectivity index (χ0n) is 16.3. The topological polar surface area (TPSA) is 87.8 Å². The van der Waals surface area contributed by atoms with Crippen LogP contribution >= 0.6 is 27.7 Å². The molecule has 2 amide bonds. The molecule has 1 saturated heterocycles. The molecular weight excluding hydrogens is 482 g/mol. The monoisotopic (exact) mass is 497 g/mol. The van der Waals surface area contributed by atoms with Crippen LogP contribution in [-0.2, 0) is 11.3 Å². The second-order valence-corrected chi connectivity index (χ2v) is 8.84. The number of hydrogen-bond acceptors (Lipinski definition) is 5. The largest absolute Gasteiger partial charge is 0.478 e. The molecule has 2 heterocycles. The third-order valence-corrected chi connectivity index (χ3v) is 6.20. The van der Waals surface area contributed by atoms with Crippen molar-refractivity contribution in [1.82, 2.24) is 4.90 Å².